The van der Waals surface area contributed by atoms with Gasteiger partial charge in [-0.15, -0.1) is 0 Å². The van der Waals surface area contributed by atoms with Crippen molar-refractivity contribution >= 4 is 5.69 Å². The Balaban J connectivity index is 1.99. The van der Waals surface area contributed by atoms with Crippen molar-refractivity contribution in [2.45, 2.75) is 32.2 Å². The lowest BCUT2D eigenvalue weighted by molar-refractivity contribution is 0.225. The number of anilines is 1. The highest BCUT2D eigenvalue weighted by Gasteiger charge is 2.28. The van der Waals surface area contributed by atoms with E-state index in [0.29, 0.717) is 6.04 Å². The molecule has 3 nitrogen and oxygen atoms in total. The first kappa shape index (κ1) is 15.2. The molecule has 0 aromatic heterocycles. The summed E-state index contributed by atoms with van der Waals surface area (Å²) in [6.07, 6.45) is 3.99. The van der Waals surface area contributed by atoms with E-state index in [1.54, 1.807) is 7.11 Å². The molecule has 1 aliphatic rings. The van der Waals surface area contributed by atoms with Gasteiger partial charge in [0, 0.05) is 25.3 Å². The van der Waals surface area contributed by atoms with Gasteiger partial charge in [-0.25, -0.2) is 0 Å². The van der Waals surface area contributed by atoms with Crippen LogP contribution in [0.25, 0.3) is 0 Å². The third-order valence-corrected chi connectivity index (χ3v) is 4.64. The molecule has 1 fully saturated rings. The normalized spacial score (nSPS) is 26.3. The summed E-state index contributed by atoms with van der Waals surface area (Å²) in [6, 6.07) is 9.00. The summed E-state index contributed by atoms with van der Waals surface area (Å²) in [4.78, 5) is 2.37. The molecule has 1 aromatic carbocycles. The van der Waals surface area contributed by atoms with Crippen LogP contribution in [0.5, 0.6) is 5.75 Å². The Morgan fingerprint density at radius 3 is 2.55 bits per heavy atom. The second kappa shape index (κ2) is 6.98. The molecule has 2 rings (SSSR count). The summed E-state index contributed by atoms with van der Waals surface area (Å²) in [5.74, 6) is 2.51. The summed E-state index contributed by atoms with van der Waals surface area (Å²) < 4.78 is 5.22. The van der Waals surface area contributed by atoms with E-state index >= 15 is 0 Å². The Kier molecular flexibility index (Phi) is 5.30. The van der Waals surface area contributed by atoms with Gasteiger partial charge in [0.25, 0.3) is 0 Å². The van der Waals surface area contributed by atoms with Gasteiger partial charge in [0.1, 0.15) is 5.75 Å². The van der Waals surface area contributed by atoms with Crippen LogP contribution in [0.2, 0.25) is 0 Å². The summed E-state index contributed by atoms with van der Waals surface area (Å²) in [5.41, 5.74) is 1.26. The molecule has 1 saturated carbocycles. The minimum Gasteiger partial charge on any atom is -0.497 e. The van der Waals surface area contributed by atoms with Crippen molar-refractivity contribution in [2.75, 3.05) is 32.6 Å². The molecule has 3 atom stereocenters. The molecule has 0 amide bonds. The zero-order chi connectivity index (χ0) is 14.5. The largest absolute Gasteiger partial charge is 0.497 e. The van der Waals surface area contributed by atoms with Crippen LogP contribution < -0.4 is 15.0 Å². The lowest BCUT2D eigenvalue weighted by Gasteiger charge is -2.37. The standard InChI is InChI=1S/C17H28N2O/c1-13-5-10-17(18-2)14(11-13)12-19(3)15-6-8-16(20-4)9-7-15/h6-9,13-14,17-18H,5,10-12H2,1-4H3. The molecular weight excluding hydrogens is 248 g/mol. The zero-order valence-corrected chi connectivity index (χ0v) is 13.2. The molecule has 0 saturated heterocycles. The molecule has 0 spiro atoms. The van der Waals surface area contributed by atoms with Crippen LogP contribution in [0.15, 0.2) is 24.3 Å². The molecule has 3 heteroatoms. The highest BCUT2D eigenvalue weighted by atomic mass is 16.5. The van der Waals surface area contributed by atoms with Crippen molar-refractivity contribution in [1.82, 2.24) is 5.32 Å². The van der Waals surface area contributed by atoms with E-state index in [2.05, 4.69) is 43.4 Å². The molecule has 112 valence electrons. The van der Waals surface area contributed by atoms with Crippen LogP contribution in [0.4, 0.5) is 5.69 Å². The van der Waals surface area contributed by atoms with Gasteiger partial charge in [-0.3, -0.25) is 0 Å². The maximum absolute atomic E-state index is 5.22. The van der Waals surface area contributed by atoms with E-state index in [-0.39, 0.29) is 0 Å². The van der Waals surface area contributed by atoms with Gasteiger partial charge >= 0.3 is 0 Å². The molecule has 0 heterocycles. The number of ether oxygens (including phenoxy) is 1. The fourth-order valence-electron chi connectivity index (χ4n) is 3.37. The molecule has 0 aliphatic heterocycles. The maximum atomic E-state index is 5.22. The van der Waals surface area contributed by atoms with Gasteiger partial charge in [-0.2, -0.15) is 0 Å². The Hall–Kier alpha value is -1.22. The van der Waals surface area contributed by atoms with Crippen molar-refractivity contribution in [3.63, 3.8) is 0 Å². The molecular formula is C17H28N2O. The van der Waals surface area contributed by atoms with Crippen LogP contribution in [-0.2, 0) is 0 Å². The van der Waals surface area contributed by atoms with Gasteiger partial charge in [-0.05, 0) is 62.4 Å². The SMILES string of the molecule is CNC1CCC(C)CC1CN(C)c1ccc(OC)cc1. The minimum absolute atomic E-state index is 0.659. The van der Waals surface area contributed by atoms with Gasteiger partial charge in [0.15, 0.2) is 0 Å². The fraction of sp³-hybridized carbons (Fsp3) is 0.647. The Labute approximate surface area is 123 Å². The second-order valence-corrected chi connectivity index (χ2v) is 6.15. The van der Waals surface area contributed by atoms with Gasteiger partial charge in [0.2, 0.25) is 0 Å². The molecule has 0 radical (unpaired) electrons. The van der Waals surface area contributed by atoms with Gasteiger partial charge in [0.05, 0.1) is 7.11 Å². The summed E-state index contributed by atoms with van der Waals surface area (Å²) in [7, 11) is 5.99. The maximum Gasteiger partial charge on any atom is 0.119 e. The summed E-state index contributed by atoms with van der Waals surface area (Å²) in [6.45, 7) is 3.49. The Morgan fingerprint density at radius 2 is 1.95 bits per heavy atom. The minimum atomic E-state index is 0.659. The lowest BCUT2D eigenvalue weighted by atomic mass is 9.78. The first-order chi connectivity index (χ1) is 9.63. The number of hydrogen-bond acceptors (Lipinski definition) is 3. The highest BCUT2D eigenvalue weighted by Crippen LogP contribution is 2.30. The summed E-state index contributed by atoms with van der Waals surface area (Å²) in [5, 5.41) is 3.50. The van der Waals surface area contributed by atoms with Gasteiger partial charge < -0.3 is 15.0 Å². The third-order valence-electron chi connectivity index (χ3n) is 4.64. The van der Waals surface area contributed by atoms with E-state index in [1.165, 1.54) is 24.9 Å². The van der Waals surface area contributed by atoms with E-state index in [1.807, 2.05) is 12.1 Å². The van der Waals surface area contributed by atoms with E-state index in [9.17, 15) is 0 Å². The van der Waals surface area contributed by atoms with E-state index in [4.69, 9.17) is 4.74 Å². The van der Waals surface area contributed by atoms with E-state index in [0.717, 1.165) is 24.1 Å². The Morgan fingerprint density at radius 1 is 1.25 bits per heavy atom. The lowest BCUT2D eigenvalue weighted by Crippen LogP contribution is -2.43. The van der Waals surface area contributed by atoms with Crippen LogP contribution >= 0.6 is 0 Å². The molecule has 1 N–H and O–H groups in total. The number of nitrogens with zero attached hydrogens (tertiary/aromatic N) is 1. The van der Waals surface area contributed by atoms with Crippen molar-refractivity contribution in [3.05, 3.63) is 24.3 Å². The van der Waals surface area contributed by atoms with Crippen LogP contribution in [0.3, 0.4) is 0 Å². The predicted octanol–water partition coefficient (Wildman–Crippen LogP) is 3.16. The number of hydrogen-bond donors (Lipinski definition) is 1. The van der Waals surface area contributed by atoms with Crippen molar-refractivity contribution in [3.8, 4) is 5.75 Å². The molecule has 1 aromatic rings. The van der Waals surface area contributed by atoms with Crippen LogP contribution in [-0.4, -0.2) is 33.8 Å². The van der Waals surface area contributed by atoms with Crippen molar-refractivity contribution in [2.24, 2.45) is 11.8 Å². The highest BCUT2D eigenvalue weighted by molar-refractivity contribution is 5.48. The average Bonchev–Trinajstić information content (AvgIpc) is 2.47. The van der Waals surface area contributed by atoms with Crippen molar-refractivity contribution < 1.29 is 4.74 Å². The molecule has 0 bridgehead atoms. The number of nitrogens with one attached hydrogen (secondary N) is 1. The quantitative estimate of drug-likeness (QED) is 0.894. The molecule has 3 unspecified atom stereocenters. The van der Waals surface area contributed by atoms with E-state index < -0.39 is 0 Å². The Bertz CT molecular complexity index is 404. The smallest absolute Gasteiger partial charge is 0.119 e. The van der Waals surface area contributed by atoms with Crippen LogP contribution in [0, 0.1) is 11.8 Å². The zero-order valence-electron chi connectivity index (χ0n) is 13.2. The number of rotatable bonds is 5. The number of benzene rings is 1. The first-order valence-electron chi connectivity index (χ1n) is 7.66. The predicted molar refractivity (Wildman–Crippen MR) is 85.6 cm³/mol. The third kappa shape index (κ3) is 3.66. The average molecular weight is 276 g/mol. The second-order valence-electron chi connectivity index (χ2n) is 6.15. The fourth-order valence-corrected chi connectivity index (χ4v) is 3.37. The summed E-state index contributed by atoms with van der Waals surface area (Å²) >= 11 is 0. The monoisotopic (exact) mass is 276 g/mol. The molecule has 20 heavy (non-hydrogen) atoms. The van der Waals surface area contributed by atoms with Gasteiger partial charge in [-0.1, -0.05) is 6.92 Å². The topological polar surface area (TPSA) is 24.5 Å². The van der Waals surface area contributed by atoms with Crippen LogP contribution in [0.1, 0.15) is 26.2 Å². The van der Waals surface area contributed by atoms with Crippen molar-refractivity contribution in [1.29, 1.82) is 0 Å². The number of methoxy groups -OCH3 is 1. The first-order valence-corrected chi connectivity index (χ1v) is 7.66. The molecule has 1 aliphatic carbocycles.